The second-order valence-electron chi connectivity index (χ2n) is 3.94. The van der Waals surface area contributed by atoms with Crippen LogP contribution in [0.5, 0.6) is 0 Å². The number of ether oxygens (including phenoxy) is 1. The number of hydrogen-bond acceptors (Lipinski definition) is 6. The molecule has 1 unspecified atom stereocenters. The summed E-state index contributed by atoms with van der Waals surface area (Å²) in [5.41, 5.74) is 0. The van der Waals surface area contributed by atoms with Crippen molar-refractivity contribution < 1.29 is 14.4 Å². The van der Waals surface area contributed by atoms with Crippen LogP contribution in [-0.2, 0) is 4.74 Å². The lowest BCUT2D eigenvalue weighted by Crippen LogP contribution is -2.15. The van der Waals surface area contributed by atoms with Gasteiger partial charge in [0.25, 0.3) is 0 Å². The van der Waals surface area contributed by atoms with Crippen molar-refractivity contribution in [3.8, 4) is 0 Å². The van der Waals surface area contributed by atoms with Gasteiger partial charge in [0, 0.05) is 13.2 Å². The molecule has 0 amide bonds. The molecule has 1 fully saturated rings. The summed E-state index contributed by atoms with van der Waals surface area (Å²) in [5.74, 6) is 1.08. The van der Waals surface area contributed by atoms with Crippen LogP contribution in [0.15, 0.2) is 4.52 Å². The third-order valence-electron chi connectivity index (χ3n) is 2.64. The van der Waals surface area contributed by atoms with E-state index in [0.717, 1.165) is 0 Å². The molecule has 1 aromatic rings. The minimum absolute atomic E-state index is 0.0370. The third kappa shape index (κ3) is 2.40. The maximum absolute atomic E-state index is 9.38. The van der Waals surface area contributed by atoms with E-state index in [1.54, 1.807) is 0 Å². The molecule has 1 aliphatic heterocycles. The molecule has 0 aromatic carbocycles. The maximum atomic E-state index is 9.38. The molecular weight excluding hydrogens is 210 g/mol. The first-order chi connectivity index (χ1) is 7.70. The van der Waals surface area contributed by atoms with Crippen molar-refractivity contribution in [2.75, 3.05) is 13.2 Å². The molecule has 0 aliphatic carbocycles. The number of β-amino-alcohol motifs (C(OH)–C–C–N with tert-alkyl or cyclic N) is 1. The number of aliphatic hydroxyl groups is 1. The fourth-order valence-electron chi connectivity index (χ4n) is 1.78. The van der Waals surface area contributed by atoms with Crippen LogP contribution in [0.4, 0.5) is 0 Å². The van der Waals surface area contributed by atoms with Crippen molar-refractivity contribution >= 4 is 0 Å². The van der Waals surface area contributed by atoms with Crippen molar-refractivity contribution in [2.45, 2.75) is 38.5 Å². The van der Waals surface area contributed by atoms with Gasteiger partial charge in [-0.15, -0.1) is 0 Å². The van der Waals surface area contributed by atoms with Crippen LogP contribution in [0.3, 0.4) is 0 Å². The van der Waals surface area contributed by atoms with E-state index in [2.05, 4.69) is 15.5 Å². The number of hydrogen-bond donors (Lipinski definition) is 2. The van der Waals surface area contributed by atoms with Crippen LogP contribution in [0.2, 0.25) is 0 Å². The Labute approximate surface area is 94.0 Å². The van der Waals surface area contributed by atoms with Gasteiger partial charge in [-0.25, -0.2) is 0 Å². The molecule has 16 heavy (non-hydrogen) atoms. The van der Waals surface area contributed by atoms with Crippen LogP contribution < -0.4 is 5.32 Å². The van der Waals surface area contributed by atoms with Gasteiger partial charge in [-0.3, -0.25) is 0 Å². The van der Waals surface area contributed by atoms with E-state index in [1.807, 2.05) is 13.8 Å². The summed E-state index contributed by atoms with van der Waals surface area (Å²) >= 11 is 0. The highest BCUT2D eigenvalue weighted by Gasteiger charge is 2.28. The average molecular weight is 227 g/mol. The smallest absolute Gasteiger partial charge is 0.243 e. The summed E-state index contributed by atoms with van der Waals surface area (Å²) in [6, 6.07) is -0.0370. The summed E-state index contributed by atoms with van der Waals surface area (Å²) in [6.45, 7) is 5.00. The van der Waals surface area contributed by atoms with Crippen LogP contribution >= 0.6 is 0 Å². The van der Waals surface area contributed by atoms with Gasteiger partial charge in [0.15, 0.2) is 5.82 Å². The van der Waals surface area contributed by atoms with E-state index in [-0.39, 0.29) is 18.2 Å². The van der Waals surface area contributed by atoms with Gasteiger partial charge in [0.05, 0.1) is 12.1 Å². The minimum atomic E-state index is -0.329. The van der Waals surface area contributed by atoms with Gasteiger partial charge in [-0.05, 0) is 20.3 Å². The zero-order valence-corrected chi connectivity index (χ0v) is 9.51. The van der Waals surface area contributed by atoms with Gasteiger partial charge >= 0.3 is 0 Å². The van der Waals surface area contributed by atoms with Crippen LogP contribution in [0.25, 0.3) is 0 Å². The van der Waals surface area contributed by atoms with Gasteiger partial charge in [0.1, 0.15) is 6.10 Å². The van der Waals surface area contributed by atoms with Crippen molar-refractivity contribution in [2.24, 2.45) is 0 Å². The highest BCUT2D eigenvalue weighted by Crippen LogP contribution is 2.23. The fraction of sp³-hybridized carbons (Fsp3) is 0.800. The molecule has 2 N–H and O–H groups in total. The van der Waals surface area contributed by atoms with Gasteiger partial charge < -0.3 is 19.7 Å². The summed E-state index contributed by atoms with van der Waals surface area (Å²) in [6.07, 6.45) is 0.128. The fourth-order valence-corrected chi connectivity index (χ4v) is 1.78. The number of aromatic nitrogens is 2. The normalized spacial score (nSPS) is 27.2. The number of rotatable bonds is 4. The zero-order chi connectivity index (χ0) is 11.5. The Morgan fingerprint density at radius 1 is 1.69 bits per heavy atom. The van der Waals surface area contributed by atoms with E-state index in [1.165, 1.54) is 0 Å². The molecule has 2 heterocycles. The summed E-state index contributed by atoms with van der Waals surface area (Å²) < 4.78 is 10.5. The molecule has 1 aliphatic rings. The minimum Gasteiger partial charge on any atom is -0.392 e. The Morgan fingerprint density at radius 3 is 3.12 bits per heavy atom. The van der Waals surface area contributed by atoms with E-state index >= 15 is 0 Å². The summed E-state index contributed by atoms with van der Waals surface area (Å²) in [4.78, 5) is 4.27. The molecule has 90 valence electrons. The first kappa shape index (κ1) is 11.5. The van der Waals surface area contributed by atoms with E-state index in [9.17, 15) is 5.11 Å². The van der Waals surface area contributed by atoms with E-state index in [0.29, 0.717) is 31.3 Å². The van der Waals surface area contributed by atoms with Crippen molar-refractivity contribution in [1.29, 1.82) is 0 Å². The monoisotopic (exact) mass is 227 g/mol. The Kier molecular flexibility index (Phi) is 3.52. The topological polar surface area (TPSA) is 80.4 Å². The average Bonchev–Trinajstić information content (AvgIpc) is 2.85. The molecule has 0 saturated carbocycles. The quantitative estimate of drug-likeness (QED) is 0.782. The lowest BCUT2D eigenvalue weighted by Gasteiger charge is -2.05. The summed E-state index contributed by atoms with van der Waals surface area (Å²) in [5, 5.41) is 16.4. The van der Waals surface area contributed by atoms with E-state index in [4.69, 9.17) is 9.26 Å². The second kappa shape index (κ2) is 4.90. The van der Waals surface area contributed by atoms with Crippen molar-refractivity contribution in [3.05, 3.63) is 11.7 Å². The Morgan fingerprint density at radius 2 is 2.50 bits per heavy atom. The maximum Gasteiger partial charge on any atom is 0.243 e. The lowest BCUT2D eigenvalue weighted by atomic mass is 10.2. The standard InChI is InChI=1S/C10H17N3O3/c1-3-15-6(2)9-12-10(16-13-9)8-4-7(14)5-11-8/h6-8,11,14H,3-5H2,1-2H3/t6?,7-,8+/m1/s1. The Hall–Kier alpha value is -0.980. The van der Waals surface area contributed by atoms with Crippen molar-refractivity contribution in [3.63, 3.8) is 0 Å². The molecule has 2 rings (SSSR count). The molecule has 1 aromatic heterocycles. The van der Waals surface area contributed by atoms with E-state index < -0.39 is 0 Å². The van der Waals surface area contributed by atoms with Gasteiger partial charge in [0.2, 0.25) is 5.89 Å². The van der Waals surface area contributed by atoms with Crippen LogP contribution in [0, 0.1) is 0 Å². The predicted molar refractivity (Wildman–Crippen MR) is 55.7 cm³/mol. The number of nitrogens with zero attached hydrogens (tertiary/aromatic N) is 2. The highest BCUT2D eigenvalue weighted by atomic mass is 16.5. The molecule has 1 saturated heterocycles. The number of aliphatic hydroxyl groups excluding tert-OH is 1. The van der Waals surface area contributed by atoms with Crippen LogP contribution in [0.1, 0.15) is 44.1 Å². The first-order valence-corrected chi connectivity index (χ1v) is 5.57. The van der Waals surface area contributed by atoms with Crippen molar-refractivity contribution in [1.82, 2.24) is 15.5 Å². The summed E-state index contributed by atoms with van der Waals surface area (Å²) in [7, 11) is 0. The predicted octanol–water partition coefficient (Wildman–Crippen LogP) is 0.562. The van der Waals surface area contributed by atoms with Gasteiger partial charge in [-0.1, -0.05) is 5.16 Å². The SMILES string of the molecule is CCOC(C)c1noc([C@@H]2C[C@@H](O)CN2)n1. The van der Waals surface area contributed by atoms with Crippen LogP contribution in [-0.4, -0.2) is 34.5 Å². The molecule has 0 spiro atoms. The Bertz CT molecular complexity index is 342. The van der Waals surface area contributed by atoms with Gasteiger partial charge in [-0.2, -0.15) is 4.98 Å². The number of nitrogens with one attached hydrogen (secondary N) is 1. The molecule has 3 atom stereocenters. The Balaban J connectivity index is 2.01. The zero-order valence-electron chi connectivity index (χ0n) is 9.51. The highest BCUT2D eigenvalue weighted by molar-refractivity contribution is 4.98. The lowest BCUT2D eigenvalue weighted by molar-refractivity contribution is 0.0683. The largest absolute Gasteiger partial charge is 0.392 e. The molecule has 0 radical (unpaired) electrons. The molecular formula is C10H17N3O3. The third-order valence-corrected chi connectivity index (χ3v) is 2.64. The first-order valence-electron chi connectivity index (χ1n) is 5.57. The molecule has 6 heteroatoms. The second-order valence-corrected chi connectivity index (χ2v) is 3.94. The molecule has 6 nitrogen and oxygen atoms in total. The molecule has 0 bridgehead atoms.